The molecule has 2 atom stereocenters. The summed E-state index contributed by atoms with van der Waals surface area (Å²) < 4.78 is 5.22. The first-order valence-corrected chi connectivity index (χ1v) is 9.39. The number of hydrogen-bond donors (Lipinski definition) is 0. The molecule has 3 saturated heterocycles. The summed E-state index contributed by atoms with van der Waals surface area (Å²) in [5.74, 6) is 1.49. The van der Waals surface area contributed by atoms with E-state index in [0.717, 1.165) is 29.9 Å². The highest BCUT2D eigenvalue weighted by Gasteiger charge is 2.42. The fourth-order valence-electron chi connectivity index (χ4n) is 3.56. The zero-order chi connectivity index (χ0) is 16.6. The Morgan fingerprint density at radius 1 is 1.35 bits per heavy atom. The van der Waals surface area contributed by atoms with E-state index in [4.69, 9.17) is 4.52 Å². The Morgan fingerprint density at radius 2 is 2.13 bits per heavy atom. The van der Waals surface area contributed by atoms with Crippen molar-refractivity contribution in [2.45, 2.75) is 39.3 Å². The Balaban J connectivity index is 1.80. The second-order valence-electron chi connectivity index (χ2n) is 6.43. The third kappa shape index (κ3) is 3.11. The molecule has 0 aliphatic carbocycles. The number of carbonyl (C=O) groups excluding carboxylic acids is 2. The van der Waals surface area contributed by atoms with E-state index in [9.17, 15) is 9.59 Å². The maximum absolute atomic E-state index is 12.8. The highest BCUT2D eigenvalue weighted by molar-refractivity contribution is 7.99. The average molecular weight is 337 g/mol. The molecule has 126 valence electrons. The molecule has 0 radical (unpaired) electrons. The van der Waals surface area contributed by atoms with Gasteiger partial charge in [-0.05, 0) is 32.9 Å². The molecule has 2 amide bonds. The fraction of sp³-hybridized carbons (Fsp3) is 0.688. The van der Waals surface area contributed by atoms with Crippen molar-refractivity contribution in [3.05, 3.63) is 17.0 Å². The summed E-state index contributed by atoms with van der Waals surface area (Å²) in [6.45, 7) is 5.52. The number of carbonyl (C=O) groups is 2. The van der Waals surface area contributed by atoms with Gasteiger partial charge in [-0.15, -0.1) is 0 Å². The van der Waals surface area contributed by atoms with Crippen LogP contribution in [-0.2, 0) is 16.1 Å². The molecule has 0 spiro atoms. The predicted octanol–water partition coefficient (Wildman–Crippen LogP) is 1.60. The van der Waals surface area contributed by atoms with Gasteiger partial charge in [-0.3, -0.25) is 9.59 Å². The summed E-state index contributed by atoms with van der Waals surface area (Å²) in [6.07, 6.45) is 3.77. The minimum absolute atomic E-state index is 0.0694. The molecule has 0 unspecified atom stereocenters. The quantitative estimate of drug-likeness (QED) is 0.835. The summed E-state index contributed by atoms with van der Waals surface area (Å²) in [5.41, 5.74) is 1.83. The lowest BCUT2D eigenvalue weighted by atomic mass is 9.93. The highest BCUT2D eigenvalue weighted by atomic mass is 32.2. The highest BCUT2D eigenvalue weighted by Crippen LogP contribution is 2.31. The van der Waals surface area contributed by atoms with Gasteiger partial charge in [0.05, 0.1) is 23.9 Å². The van der Waals surface area contributed by atoms with Crippen molar-refractivity contribution in [1.29, 1.82) is 0 Å². The number of hydrogen-bond acceptors (Lipinski definition) is 5. The zero-order valence-corrected chi connectivity index (χ0v) is 14.7. The summed E-state index contributed by atoms with van der Waals surface area (Å²) in [5, 5.41) is 3.98. The first-order valence-electron chi connectivity index (χ1n) is 8.00. The molecule has 0 saturated carbocycles. The molecule has 1 aromatic heterocycles. The van der Waals surface area contributed by atoms with Crippen molar-refractivity contribution in [1.82, 2.24) is 15.0 Å². The molecular formula is C16H23N3O3S. The van der Waals surface area contributed by atoms with E-state index in [2.05, 4.69) is 5.16 Å². The van der Waals surface area contributed by atoms with Crippen LogP contribution in [0.2, 0.25) is 0 Å². The molecule has 2 bridgehead atoms. The number of rotatable bonds is 4. The van der Waals surface area contributed by atoms with Crippen molar-refractivity contribution in [3.63, 3.8) is 0 Å². The van der Waals surface area contributed by atoms with E-state index in [0.29, 0.717) is 25.4 Å². The van der Waals surface area contributed by atoms with Crippen LogP contribution in [0, 0.1) is 19.8 Å². The predicted molar refractivity (Wildman–Crippen MR) is 88.0 cm³/mol. The number of fused-ring (bicyclic) bond motifs is 4. The normalized spacial score (nSPS) is 24.2. The van der Waals surface area contributed by atoms with Crippen LogP contribution in [0.25, 0.3) is 0 Å². The first kappa shape index (κ1) is 16.4. The summed E-state index contributed by atoms with van der Waals surface area (Å²) in [7, 11) is 0. The monoisotopic (exact) mass is 337 g/mol. The van der Waals surface area contributed by atoms with Gasteiger partial charge in [0.25, 0.3) is 0 Å². The van der Waals surface area contributed by atoms with Gasteiger partial charge in [0.1, 0.15) is 5.76 Å². The van der Waals surface area contributed by atoms with E-state index in [1.54, 1.807) is 0 Å². The maximum Gasteiger partial charge on any atom is 0.232 e. The Kier molecular flexibility index (Phi) is 4.66. The molecule has 6 nitrogen and oxygen atoms in total. The van der Waals surface area contributed by atoms with Crippen molar-refractivity contribution >= 4 is 23.6 Å². The lowest BCUT2D eigenvalue weighted by Crippen LogP contribution is -2.47. The Morgan fingerprint density at radius 3 is 2.78 bits per heavy atom. The Hall–Kier alpha value is -1.50. The van der Waals surface area contributed by atoms with E-state index in [1.807, 2.05) is 29.9 Å². The van der Waals surface area contributed by atoms with E-state index >= 15 is 0 Å². The molecule has 23 heavy (non-hydrogen) atoms. The Labute approximate surface area is 140 Å². The molecule has 4 rings (SSSR count). The number of thioether (sulfide) groups is 1. The SMILES string of the molecule is CSCC(=O)N1C[C@@H]2CC[C@H](C1)N(Cc1c(C)noc1C)C2=O. The van der Waals surface area contributed by atoms with E-state index in [-0.39, 0.29) is 23.8 Å². The number of aryl methyl sites for hydroxylation is 2. The van der Waals surface area contributed by atoms with Gasteiger partial charge in [0, 0.05) is 24.7 Å². The smallest absolute Gasteiger partial charge is 0.232 e. The fourth-order valence-corrected chi connectivity index (χ4v) is 3.99. The third-order valence-electron chi connectivity index (χ3n) is 4.92. The van der Waals surface area contributed by atoms with Crippen molar-refractivity contribution in [2.24, 2.45) is 5.92 Å². The number of nitrogens with zero attached hydrogens (tertiary/aromatic N) is 3. The van der Waals surface area contributed by atoms with Gasteiger partial charge in [0.15, 0.2) is 0 Å². The molecule has 7 heteroatoms. The first-order chi connectivity index (χ1) is 11.0. The van der Waals surface area contributed by atoms with Crippen LogP contribution >= 0.6 is 11.8 Å². The van der Waals surface area contributed by atoms with Crippen molar-refractivity contribution < 1.29 is 14.1 Å². The zero-order valence-electron chi connectivity index (χ0n) is 13.9. The topological polar surface area (TPSA) is 66.7 Å². The molecule has 3 aliphatic heterocycles. The second kappa shape index (κ2) is 6.55. The van der Waals surface area contributed by atoms with E-state index in [1.165, 1.54) is 11.8 Å². The molecule has 0 aromatic carbocycles. The van der Waals surface area contributed by atoms with E-state index < -0.39 is 0 Å². The lowest BCUT2D eigenvalue weighted by Gasteiger charge is -2.35. The van der Waals surface area contributed by atoms with Gasteiger partial charge in [-0.25, -0.2) is 0 Å². The summed E-state index contributed by atoms with van der Waals surface area (Å²) in [6, 6.07) is 0.0979. The van der Waals surface area contributed by atoms with Crippen LogP contribution in [0.4, 0.5) is 0 Å². The molecule has 1 aromatic rings. The molecule has 0 N–H and O–H groups in total. The van der Waals surface area contributed by atoms with Gasteiger partial charge in [-0.2, -0.15) is 11.8 Å². The second-order valence-corrected chi connectivity index (χ2v) is 7.29. The maximum atomic E-state index is 12.8. The van der Waals surface area contributed by atoms with Gasteiger partial charge in [0.2, 0.25) is 11.8 Å². The van der Waals surface area contributed by atoms with Gasteiger partial charge in [-0.1, -0.05) is 5.16 Å². The standard InChI is InChI=1S/C16H23N3O3S/c1-10-14(11(2)22-17-10)8-19-13-5-4-12(16(19)21)6-18(7-13)15(20)9-23-3/h12-13H,4-9H2,1-3H3/t12-,13+/m0/s1. The molecule has 3 fully saturated rings. The van der Waals surface area contributed by atoms with Gasteiger partial charge < -0.3 is 14.3 Å². The minimum Gasteiger partial charge on any atom is -0.361 e. The van der Waals surface area contributed by atoms with Crippen LogP contribution in [0.15, 0.2) is 4.52 Å². The molecule has 3 aliphatic rings. The van der Waals surface area contributed by atoms with Crippen LogP contribution in [-0.4, -0.2) is 57.9 Å². The number of amides is 2. The summed E-state index contributed by atoms with van der Waals surface area (Å²) >= 11 is 1.53. The van der Waals surface area contributed by atoms with Crippen LogP contribution in [0.3, 0.4) is 0 Å². The van der Waals surface area contributed by atoms with Crippen LogP contribution in [0.5, 0.6) is 0 Å². The molecule has 4 heterocycles. The van der Waals surface area contributed by atoms with Gasteiger partial charge >= 0.3 is 0 Å². The van der Waals surface area contributed by atoms with Crippen molar-refractivity contribution in [2.75, 3.05) is 25.1 Å². The molecular weight excluding hydrogens is 314 g/mol. The van der Waals surface area contributed by atoms with Crippen molar-refractivity contribution in [3.8, 4) is 0 Å². The minimum atomic E-state index is -0.0694. The average Bonchev–Trinajstić information content (AvgIpc) is 2.71. The number of piperidine rings is 1. The largest absolute Gasteiger partial charge is 0.361 e. The summed E-state index contributed by atoms with van der Waals surface area (Å²) in [4.78, 5) is 28.9. The Bertz CT molecular complexity index is 596. The van der Waals surface area contributed by atoms with Crippen LogP contribution in [0.1, 0.15) is 29.9 Å². The lowest BCUT2D eigenvalue weighted by molar-refractivity contribution is -0.140. The number of aromatic nitrogens is 1. The van der Waals surface area contributed by atoms with Crippen LogP contribution < -0.4 is 0 Å². The third-order valence-corrected chi connectivity index (χ3v) is 5.46.